The fourth-order valence-electron chi connectivity index (χ4n) is 4.41. The van der Waals surface area contributed by atoms with Crippen LogP contribution in [0.1, 0.15) is 38.7 Å². The van der Waals surface area contributed by atoms with E-state index in [-0.39, 0.29) is 24.0 Å². The minimum atomic E-state index is -0.857. The summed E-state index contributed by atoms with van der Waals surface area (Å²) in [6.07, 6.45) is 3.75. The van der Waals surface area contributed by atoms with Crippen molar-refractivity contribution >= 4 is 29.9 Å². The standard InChI is InChI=1S/C24H41N5O2.HI/c1-3-25-23(27-19-24(2,30)20-28-13-15-31-16-14-28)26-17-22-11-7-8-12-29(22)18-21-9-5-4-6-10-21;/h4-6,9-10,22,30H,3,7-8,11-20H2,1-2H3,(H2,25,26,27);1H. The summed E-state index contributed by atoms with van der Waals surface area (Å²) in [6.45, 7) is 12.0. The Balaban J connectivity index is 0.00000363. The van der Waals surface area contributed by atoms with Crippen molar-refractivity contribution in [3.63, 3.8) is 0 Å². The third kappa shape index (κ3) is 9.51. The molecule has 2 unspecified atom stereocenters. The lowest BCUT2D eigenvalue weighted by Crippen LogP contribution is -2.50. The molecule has 8 heteroatoms. The molecule has 0 radical (unpaired) electrons. The zero-order chi connectivity index (χ0) is 21.9. The zero-order valence-corrected chi connectivity index (χ0v) is 22.1. The number of nitrogens with one attached hydrogen (secondary N) is 2. The van der Waals surface area contributed by atoms with Gasteiger partial charge in [-0.2, -0.15) is 0 Å². The minimum absolute atomic E-state index is 0. The maximum Gasteiger partial charge on any atom is 0.191 e. The van der Waals surface area contributed by atoms with E-state index in [0.717, 1.165) is 58.4 Å². The van der Waals surface area contributed by atoms with E-state index < -0.39 is 5.60 Å². The number of halogens is 1. The van der Waals surface area contributed by atoms with Crippen molar-refractivity contribution < 1.29 is 9.84 Å². The highest BCUT2D eigenvalue weighted by atomic mass is 127. The highest BCUT2D eigenvalue weighted by Crippen LogP contribution is 2.19. The molecule has 0 bridgehead atoms. The molecule has 2 saturated heterocycles. The molecule has 2 aliphatic rings. The predicted octanol–water partition coefficient (Wildman–Crippen LogP) is 2.30. The summed E-state index contributed by atoms with van der Waals surface area (Å²) in [6, 6.07) is 11.2. The van der Waals surface area contributed by atoms with E-state index in [1.54, 1.807) is 0 Å². The normalized spacial score (nSPS) is 22.6. The van der Waals surface area contributed by atoms with Crippen LogP contribution in [0.3, 0.4) is 0 Å². The van der Waals surface area contributed by atoms with Gasteiger partial charge in [-0.3, -0.25) is 14.8 Å². The maximum atomic E-state index is 10.9. The maximum absolute atomic E-state index is 10.9. The Bertz CT molecular complexity index is 668. The Morgan fingerprint density at radius 2 is 1.91 bits per heavy atom. The van der Waals surface area contributed by atoms with Gasteiger partial charge in [-0.25, -0.2) is 0 Å². The number of rotatable bonds is 9. The quantitative estimate of drug-likeness (QED) is 0.245. The Morgan fingerprint density at radius 3 is 2.62 bits per heavy atom. The number of hydrogen-bond acceptors (Lipinski definition) is 5. The third-order valence-corrected chi connectivity index (χ3v) is 6.07. The number of aliphatic imine (C=N–C) groups is 1. The molecule has 1 aromatic rings. The van der Waals surface area contributed by atoms with Crippen LogP contribution in [-0.2, 0) is 11.3 Å². The number of hydrogen-bond donors (Lipinski definition) is 3. The van der Waals surface area contributed by atoms with Crippen molar-refractivity contribution in [3.8, 4) is 0 Å². The van der Waals surface area contributed by atoms with Gasteiger partial charge < -0.3 is 20.5 Å². The highest BCUT2D eigenvalue weighted by molar-refractivity contribution is 14.0. The molecule has 1 aromatic carbocycles. The second kappa shape index (κ2) is 14.3. The van der Waals surface area contributed by atoms with Gasteiger partial charge in [-0.1, -0.05) is 36.8 Å². The largest absolute Gasteiger partial charge is 0.387 e. The van der Waals surface area contributed by atoms with Crippen LogP contribution in [0, 0.1) is 0 Å². The molecule has 7 nitrogen and oxygen atoms in total. The molecule has 3 N–H and O–H groups in total. The fourth-order valence-corrected chi connectivity index (χ4v) is 4.41. The summed E-state index contributed by atoms with van der Waals surface area (Å²) < 4.78 is 5.41. The van der Waals surface area contributed by atoms with E-state index >= 15 is 0 Å². The number of benzene rings is 1. The second-order valence-electron chi connectivity index (χ2n) is 9.07. The van der Waals surface area contributed by atoms with E-state index in [4.69, 9.17) is 9.73 Å². The molecule has 2 fully saturated rings. The lowest BCUT2D eigenvalue weighted by Gasteiger charge is -2.36. The highest BCUT2D eigenvalue weighted by Gasteiger charge is 2.26. The molecule has 32 heavy (non-hydrogen) atoms. The van der Waals surface area contributed by atoms with Gasteiger partial charge in [0.15, 0.2) is 5.96 Å². The number of morpholine rings is 1. The molecule has 182 valence electrons. The number of aliphatic hydroxyl groups is 1. The first-order valence-electron chi connectivity index (χ1n) is 11.9. The summed E-state index contributed by atoms with van der Waals surface area (Å²) in [5.41, 5.74) is 0.512. The van der Waals surface area contributed by atoms with Gasteiger partial charge in [0.2, 0.25) is 0 Å². The Morgan fingerprint density at radius 1 is 1.16 bits per heavy atom. The number of guanidine groups is 1. The predicted molar refractivity (Wildman–Crippen MR) is 142 cm³/mol. The van der Waals surface area contributed by atoms with Crippen LogP contribution in [0.4, 0.5) is 0 Å². The molecule has 3 rings (SSSR count). The first-order valence-corrected chi connectivity index (χ1v) is 11.9. The summed E-state index contributed by atoms with van der Waals surface area (Å²) >= 11 is 0. The molecule has 0 spiro atoms. The molecule has 2 heterocycles. The molecule has 2 aliphatic heterocycles. The van der Waals surface area contributed by atoms with Crippen molar-refractivity contribution in [2.45, 2.75) is 51.3 Å². The summed E-state index contributed by atoms with van der Waals surface area (Å²) in [5.74, 6) is 0.787. The van der Waals surface area contributed by atoms with Crippen LogP contribution in [0.2, 0.25) is 0 Å². The number of piperidine rings is 1. The topological polar surface area (TPSA) is 72.4 Å². The second-order valence-corrected chi connectivity index (χ2v) is 9.07. The lowest BCUT2D eigenvalue weighted by atomic mass is 10.0. The number of likely N-dealkylation sites (tertiary alicyclic amines) is 1. The molecular formula is C24H42IN5O2. The van der Waals surface area contributed by atoms with E-state index in [9.17, 15) is 5.11 Å². The minimum Gasteiger partial charge on any atom is -0.387 e. The molecule has 0 aromatic heterocycles. The van der Waals surface area contributed by atoms with Gasteiger partial charge in [0.05, 0.1) is 25.4 Å². The zero-order valence-electron chi connectivity index (χ0n) is 19.8. The van der Waals surface area contributed by atoms with Crippen molar-refractivity contribution in [2.24, 2.45) is 4.99 Å². The van der Waals surface area contributed by atoms with Gasteiger partial charge in [0.25, 0.3) is 0 Å². The molecule has 0 amide bonds. The Labute approximate surface area is 211 Å². The number of nitrogens with zero attached hydrogens (tertiary/aromatic N) is 3. The summed E-state index contributed by atoms with van der Waals surface area (Å²) in [4.78, 5) is 9.55. The van der Waals surface area contributed by atoms with Crippen molar-refractivity contribution in [1.82, 2.24) is 20.4 Å². The molecular weight excluding hydrogens is 517 g/mol. The van der Waals surface area contributed by atoms with Gasteiger partial charge in [0.1, 0.15) is 0 Å². The monoisotopic (exact) mass is 559 g/mol. The first kappa shape index (κ1) is 27.3. The van der Waals surface area contributed by atoms with E-state index in [2.05, 4.69) is 57.7 Å². The molecule has 2 atom stereocenters. The van der Waals surface area contributed by atoms with E-state index in [0.29, 0.717) is 19.1 Å². The first-order chi connectivity index (χ1) is 15.1. The van der Waals surface area contributed by atoms with Crippen molar-refractivity contribution in [2.75, 3.05) is 59.0 Å². The van der Waals surface area contributed by atoms with E-state index in [1.165, 1.54) is 24.8 Å². The smallest absolute Gasteiger partial charge is 0.191 e. The average molecular weight is 560 g/mol. The van der Waals surface area contributed by atoms with Crippen LogP contribution in [-0.4, -0.2) is 91.5 Å². The average Bonchev–Trinajstić information content (AvgIpc) is 2.78. The fraction of sp³-hybridized carbons (Fsp3) is 0.708. The van der Waals surface area contributed by atoms with Gasteiger partial charge >= 0.3 is 0 Å². The molecule has 0 saturated carbocycles. The Hall–Kier alpha value is -0.940. The number of β-amino-alcohol motifs (C(OH)–C–C–N with tert-alkyl or cyclic N) is 1. The van der Waals surface area contributed by atoms with Crippen LogP contribution in [0.5, 0.6) is 0 Å². The van der Waals surface area contributed by atoms with Crippen LogP contribution >= 0.6 is 24.0 Å². The number of ether oxygens (including phenoxy) is 1. The SMILES string of the molecule is CCNC(=NCC(C)(O)CN1CCOCC1)NCC1CCCCN1Cc1ccccc1.I. The van der Waals surface area contributed by atoms with Crippen LogP contribution < -0.4 is 10.6 Å². The Kier molecular flexibility index (Phi) is 12.2. The third-order valence-electron chi connectivity index (χ3n) is 6.07. The van der Waals surface area contributed by atoms with Gasteiger partial charge in [-0.05, 0) is 38.8 Å². The molecule has 0 aliphatic carbocycles. The van der Waals surface area contributed by atoms with Gasteiger partial charge in [0, 0.05) is 45.3 Å². The van der Waals surface area contributed by atoms with Crippen molar-refractivity contribution in [1.29, 1.82) is 0 Å². The summed E-state index contributed by atoms with van der Waals surface area (Å²) in [5, 5.41) is 17.7. The van der Waals surface area contributed by atoms with Crippen LogP contribution in [0.25, 0.3) is 0 Å². The lowest BCUT2D eigenvalue weighted by molar-refractivity contribution is -0.0180. The van der Waals surface area contributed by atoms with Crippen molar-refractivity contribution in [3.05, 3.63) is 35.9 Å². The van der Waals surface area contributed by atoms with Crippen LogP contribution in [0.15, 0.2) is 35.3 Å². The van der Waals surface area contributed by atoms with E-state index in [1.807, 2.05) is 6.92 Å². The summed E-state index contributed by atoms with van der Waals surface area (Å²) in [7, 11) is 0. The van der Waals surface area contributed by atoms with Gasteiger partial charge in [-0.15, -0.1) is 24.0 Å².